The number of carbonyl (C=O) groups is 1. The molecule has 0 radical (unpaired) electrons. The Bertz CT molecular complexity index is 658. The number of fused-ring (bicyclic) bond motifs is 1. The van der Waals surface area contributed by atoms with Gasteiger partial charge in [-0.05, 0) is 49.4 Å². The average molecular weight is 280 g/mol. The summed E-state index contributed by atoms with van der Waals surface area (Å²) in [6, 6.07) is 14.1. The van der Waals surface area contributed by atoms with Crippen LogP contribution in [0.4, 0.5) is 11.4 Å². The number of aryl methyl sites for hydroxylation is 3. The summed E-state index contributed by atoms with van der Waals surface area (Å²) in [6.45, 7) is 4.04. The number of amides is 1. The highest BCUT2D eigenvalue weighted by Gasteiger charge is 2.24. The Morgan fingerprint density at radius 1 is 1.10 bits per heavy atom. The number of para-hydroxylation sites is 2. The molecule has 2 N–H and O–H groups in total. The number of benzene rings is 2. The number of nitrogens with one attached hydrogen (secondary N) is 2. The van der Waals surface area contributed by atoms with Gasteiger partial charge in [0.15, 0.2) is 0 Å². The monoisotopic (exact) mass is 280 g/mol. The van der Waals surface area contributed by atoms with Crippen LogP contribution in [-0.2, 0) is 11.2 Å². The highest BCUT2D eigenvalue weighted by molar-refractivity contribution is 5.98. The summed E-state index contributed by atoms with van der Waals surface area (Å²) in [7, 11) is 0. The maximum atomic E-state index is 12.5. The third-order valence-electron chi connectivity index (χ3n) is 4.10. The zero-order chi connectivity index (χ0) is 14.8. The molecule has 0 saturated heterocycles. The van der Waals surface area contributed by atoms with E-state index in [9.17, 15) is 4.79 Å². The highest BCUT2D eigenvalue weighted by Crippen LogP contribution is 2.26. The van der Waals surface area contributed by atoms with E-state index in [1.54, 1.807) is 0 Å². The van der Waals surface area contributed by atoms with Gasteiger partial charge in [0.25, 0.3) is 0 Å². The molecule has 108 valence electrons. The van der Waals surface area contributed by atoms with Crippen molar-refractivity contribution >= 4 is 17.3 Å². The molecule has 0 saturated carbocycles. The van der Waals surface area contributed by atoms with Crippen molar-refractivity contribution in [1.29, 1.82) is 0 Å². The SMILES string of the molecule is Cc1cccc(C)c1NC(=O)C1CCc2ccccc2N1. The lowest BCUT2D eigenvalue weighted by molar-refractivity contribution is -0.117. The fourth-order valence-electron chi connectivity index (χ4n) is 2.86. The smallest absolute Gasteiger partial charge is 0.246 e. The predicted octanol–water partition coefficient (Wildman–Crippen LogP) is 3.67. The van der Waals surface area contributed by atoms with E-state index in [2.05, 4.69) is 16.7 Å². The molecule has 1 unspecified atom stereocenters. The van der Waals surface area contributed by atoms with Gasteiger partial charge in [-0.2, -0.15) is 0 Å². The van der Waals surface area contributed by atoms with Gasteiger partial charge in [-0.3, -0.25) is 4.79 Å². The summed E-state index contributed by atoms with van der Waals surface area (Å²) in [5.41, 5.74) is 5.49. The fraction of sp³-hybridized carbons (Fsp3) is 0.278. The minimum absolute atomic E-state index is 0.0434. The molecule has 0 aromatic heterocycles. The highest BCUT2D eigenvalue weighted by atomic mass is 16.2. The zero-order valence-electron chi connectivity index (χ0n) is 12.4. The van der Waals surface area contributed by atoms with E-state index in [1.165, 1.54) is 5.56 Å². The summed E-state index contributed by atoms with van der Waals surface area (Å²) in [6.07, 6.45) is 1.77. The van der Waals surface area contributed by atoms with Crippen molar-refractivity contribution < 1.29 is 4.79 Å². The van der Waals surface area contributed by atoms with Crippen molar-refractivity contribution in [3.8, 4) is 0 Å². The lowest BCUT2D eigenvalue weighted by Gasteiger charge is -2.26. The van der Waals surface area contributed by atoms with Crippen LogP contribution in [0.15, 0.2) is 42.5 Å². The first kappa shape index (κ1) is 13.7. The molecule has 2 aromatic rings. The van der Waals surface area contributed by atoms with Gasteiger partial charge < -0.3 is 10.6 Å². The van der Waals surface area contributed by atoms with Crippen molar-refractivity contribution in [3.63, 3.8) is 0 Å². The Morgan fingerprint density at radius 3 is 2.57 bits per heavy atom. The van der Waals surface area contributed by atoms with Gasteiger partial charge in [-0.25, -0.2) is 0 Å². The van der Waals surface area contributed by atoms with E-state index in [0.717, 1.165) is 35.3 Å². The lowest BCUT2D eigenvalue weighted by Crippen LogP contribution is -2.37. The van der Waals surface area contributed by atoms with Gasteiger partial charge in [0.05, 0.1) is 0 Å². The van der Waals surface area contributed by atoms with Gasteiger partial charge >= 0.3 is 0 Å². The second-order valence-electron chi connectivity index (χ2n) is 5.65. The predicted molar refractivity (Wildman–Crippen MR) is 86.7 cm³/mol. The van der Waals surface area contributed by atoms with E-state index < -0.39 is 0 Å². The first-order valence-corrected chi connectivity index (χ1v) is 7.36. The molecular weight excluding hydrogens is 260 g/mol. The van der Waals surface area contributed by atoms with E-state index in [0.29, 0.717) is 0 Å². The van der Waals surface area contributed by atoms with Crippen LogP contribution in [0.2, 0.25) is 0 Å². The first-order valence-electron chi connectivity index (χ1n) is 7.36. The Morgan fingerprint density at radius 2 is 1.81 bits per heavy atom. The molecule has 3 nitrogen and oxygen atoms in total. The van der Waals surface area contributed by atoms with Crippen LogP contribution in [0.3, 0.4) is 0 Å². The topological polar surface area (TPSA) is 41.1 Å². The van der Waals surface area contributed by atoms with Gasteiger partial charge in [0.1, 0.15) is 6.04 Å². The molecule has 3 heteroatoms. The molecule has 1 heterocycles. The molecule has 0 bridgehead atoms. The number of rotatable bonds is 2. The molecule has 3 rings (SSSR count). The quantitative estimate of drug-likeness (QED) is 0.881. The fourth-order valence-corrected chi connectivity index (χ4v) is 2.86. The van der Waals surface area contributed by atoms with Crippen LogP contribution < -0.4 is 10.6 Å². The summed E-state index contributed by atoms with van der Waals surface area (Å²) in [5, 5.41) is 6.42. The summed E-state index contributed by atoms with van der Waals surface area (Å²) in [4.78, 5) is 12.5. The largest absolute Gasteiger partial charge is 0.373 e. The normalized spacial score (nSPS) is 16.8. The summed E-state index contributed by atoms with van der Waals surface area (Å²) >= 11 is 0. The molecule has 0 fully saturated rings. The van der Waals surface area contributed by atoms with Crippen LogP contribution >= 0.6 is 0 Å². The molecule has 0 aliphatic carbocycles. The molecule has 2 aromatic carbocycles. The Hall–Kier alpha value is -2.29. The third-order valence-corrected chi connectivity index (χ3v) is 4.10. The van der Waals surface area contributed by atoms with E-state index in [4.69, 9.17) is 0 Å². The van der Waals surface area contributed by atoms with E-state index >= 15 is 0 Å². The lowest BCUT2D eigenvalue weighted by atomic mass is 9.97. The number of carbonyl (C=O) groups excluding carboxylic acids is 1. The van der Waals surface area contributed by atoms with Crippen LogP contribution in [-0.4, -0.2) is 11.9 Å². The van der Waals surface area contributed by atoms with Crippen molar-refractivity contribution in [1.82, 2.24) is 0 Å². The van der Waals surface area contributed by atoms with Crippen molar-refractivity contribution in [2.24, 2.45) is 0 Å². The van der Waals surface area contributed by atoms with E-state index in [-0.39, 0.29) is 11.9 Å². The minimum atomic E-state index is -0.168. The average Bonchev–Trinajstić information content (AvgIpc) is 2.50. The standard InChI is InChI=1S/C18H20N2O/c1-12-6-5-7-13(2)17(12)20-18(21)16-11-10-14-8-3-4-9-15(14)19-16/h3-9,16,19H,10-11H2,1-2H3,(H,20,21). The number of hydrogen-bond acceptors (Lipinski definition) is 2. The Balaban J connectivity index is 1.76. The zero-order valence-corrected chi connectivity index (χ0v) is 12.4. The molecule has 0 spiro atoms. The Labute approximate surface area is 125 Å². The number of anilines is 2. The second-order valence-corrected chi connectivity index (χ2v) is 5.65. The first-order chi connectivity index (χ1) is 10.1. The van der Waals surface area contributed by atoms with E-state index in [1.807, 2.05) is 50.2 Å². The molecule has 1 amide bonds. The van der Waals surface area contributed by atoms with Gasteiger partial charge in [0, 0.05) is 11.4 Å². The minimum Gasteiger partial charge on any atom is -0.373 e. The van der Waals surface area contributed by atoms with Gasteiger partial charge in [0.2, 0.25) is 5.91 Å². The van der Waals surface area contributed by atoms with Crippen molar-refractivity contribution in [2.45, 2.75) is 32.7 Å². The van der Waals surface area contributed by atoms with Crippen LogP contribution in [0.1, 0.15) is 23.1 Å². The summed E-state index contributed by atoms with van der Waals surface area (Å²) < 4.78 is 0. The third kappa shape index (κ3) is 2.77. The molecule has 21 heavy (non-hydrogen) atoms. The maximum absolute atomic E-state index is 12.5. The number of hydrogen-bond donors (Lipinski definition) is 2. The van der Waals surface area contributed by atoms with Gasteiger partial charge in [-0.1, -0.05) is 36.4 Å². The second kappa shape index (κ2) is 5.60. The Kier molecular flexibility index (Phi) is 3.65. The van der Waals surface area contributed by atoms with Crippen molar-refractivity contribution in [3.05, 3.63) is 59.2 Å². The molecule has 1 aliphatic heterocycles. The van der Waals surface area contributed by atoms with Crippen molar-refractivity contribution in [2.75, 3.05) is 10.6 Å². The van der Waals surface area contributed by atoms with Crippen LogP contribution in [0.5, 0.6) is 0 Å². The van der Waals surface area contributed by atoms with Gasteiger partial charge in [-0.15, -0.1) is 0 Å². The van der Waals surface area contributed by atoms with Crippen LogP contribution in [0.25, 0.3) is 0 Å². The summed E-state index contributed by atoms with van der Waals surface area (Å²) in [5.74, 6) is 0.0434. The molecular formula is C18H20N2O. The van der Waals surface area contributed by atoms with Crippen LogP contribution in [0, 0.1) is 13.8 Å². The maximum Gasteiger partial charge on any atom is 0.246 e. The molecule has 1 aliphatic rings. The molecule has 1 atom stereocenters.